The number of fused-ring (bicyclic) bond motifs is 1. The number of amides is 1. The van der Waals surface area contributed by atoms with E-state index in [1.165, 1.54) is 25.3 Å². The van der Waals surface area contributed by atoms with Crippen molar-refractivity contribution in [1.82, 2.24) is 10.3 Å². The lowest BCUT2D eigenvalue weighted by molar-refractivity contribution is -0.385. The predicted octanol–water partition coefficient (Wildman–Crippen LogP) is 4.81. The number of hydrogen-bond acceptors (Lipinski definition) is 8. The van der Waals surface area contributed by atoms with Crippen LogP contribution in [0.15, 0.2) is 59.0 Å². The third-order valence-corrected chi connectivity index (χ3v) is 5.42. The summed E-state index contributed by atoms with van der Waals surface area (Å²) in [5, 5.41) is 26.9. The van der Waals surface area contributed by atoms with Crippen LogP contribution in [0.3, 0.4) is 0 Å². The van der Waals surface area contributed by atoms with Crippen molar-refractivity contribution in [3.05, 3.63) is 75.8 Å². The van der Waals surface area contributed by atoms with Gasteiger partial charge in [-0.2, -0.15) is 0 Å². The second kappa shape index (κ2) is 9.77. The normalized spacial score (nSPS) is 10.7. The molecule has 0 saturated carbocycles. The van der Waals surface area contributed by atoms with E-state index in [0.29, 0.717) is 22.4 Å². The molecule has 4 rings (SSSR count). The minimum atomic E-state index is -0.646. The van der Waals surface area contributed by atoms with E-state index >= 15 is 0 Å². The molecule has 0 atom stereocenters. The largest absolute Gasteiger partial charge is 0.507 e. The summed E-state index contributed by atoms with van der Waals surface area (Å²) in [5.74, 6) is -0.439. The third-order valence-electron chi connectivity index (χ3n) is 5.21. The number of methoxy groups -OCH3 is 1. The summed E-state index contributed by atoms with van der Waals surface area (Å²) in [6, 6.07) is 14.2. The lowest BCUT2D eigenvalue weighted by Crippen LogP contribution is -2.34. The van der Waals surface area contributed by atoms with E-state index in [1.807, 2.05) is 25.1 Å². The first-order valence-electron chi connectivity index (χ1n) is 10.5. The fourth-order valence-electron chi connectivity index (χ4n) is 3.41. The molecule has 0 bridgehead atoms. The lowest BCUT2D eigenvalue weighted by atomic mass is 10.1. The van der Waals surface area contributed by atoms with Gasteiger partial charge in [0.1, 0.15) is 11.3 Å². The number of aryl methyl sites for hydroxylation is 1. The first-order valence-corrected chi connectivity index (χ1v) is 10.9. The number of nitrogens with zero attached hydrogens (tertiary/aromatic N) is 2. The van der Waals surface area contributed by atoms with Crippen LogP contribution in [-0.2, 0) is 6.42 Å². The topological polar surface area (TPSA) is 140 Å². The van der Waals surface area contributed by atoms with Crippen LogP contribution in [0.1, 0.15) is 22.8 Å². The summed E-state index contributed by atoms with van der Waals surface area (Å²) in [5.41, 5.74) is 2.92. The van der Waals surface area contributed by atoms with Crippen LogP contribution in [0.5, 0.6) is 11.5 Å². The number of phenols is 1. The van der Waals surface area contributed by atoms with E-state index in [2.05, 4.69) is 15.6 Å². The van der Waals surface area contributed by atoms with E-state index in [9.17, 15) is 20.0 Å². The van der Waals surface area contributed by atoms with Gasteiger partial charge in [-0.1, -0.05) is 13.0 Å². The highest BCUT2D eigenvalue weighted by Gasteiger charge is 2.19. The molecule has 0 aliphatic rings. The number of ether oxygens (including phenoxy) is 1. The van der Waals surface area contributed by atoms with Crippen LogP contribution in [0.2, 0.25) is 0 Å². The Morgan fingerprint density at radius 1 is 1.20 bits per heavy atom. The summed E-state index contributed by atoms with van der Waals surface area (Å²) in [6.45, 7) is 2.05. The van der Waals surface area contributed by atoms with Gasteiger partial charge in [0.2, 0.25) is 5.89 Å². The Morgan fingerprint density at radius 2 is 2.00 bits per heavy atom. The Balaban J connectivity index is 1.47. The number of thiocarbonyl (C=S) groups is 1. The molecule has 0 spiro atoms. The number of nitro benzene ring substituents is 1. The van der Waals surface area contributed by atoms with Crippen LogP contribution in [0, 0.1) is 10.1 Å². The molecule has 0 fully saturated rings. The number of carbonyl (C=O) groups is 1. The highest BCUT2D eigenvalue weighted by Crippen LogP contribution is 2.33. The average Bonchev–Trinajstić information content (AvgIpc) is 3.26. The molecule has 3 N–H and O–H groups in total. The number of oxazole rings is 1. The molecular weight excluding hydrogens is 472 g/mol. The molecule has 0 aliphatic heterocycles. The fraction of sp³-hybridized carbons (Fsp3) is 0.125. The zero-order valence-corrected chi connectivity index (χ0v) is 19.5. The van der Waals surface area contributed by atoms with Crippen molar-refractivity contribution in [3.63, 3.8) is 0 Å². The van der Waals surface area contributed by atoms with Crippen molar-refractivity contribution in [2.45, 2.75) is 13.3 Å². The number of phenolic OH excluding ortho intramolecular Hbond substituents is 1. The molecule has 0 saturated heterocycles. The molecule has 178 valence electrons. The molecule has 11 heteroatoms. The Morgan fingerprint density at radius 3 is 2.69 bits per heavy atom. The van der Waals surface area contributed by atoms with Crippen LogP contribution in [0.25, 0.3) is 22.6 Å². The highest BCUT2D eigenvalue weighted by molar-refractivity contribution is 7.80. The fourth-order valence-corrected chi connectivity index (χ4v) is 3.62. The van der Waals surface area contributed by atoms with Crippen LogP contribution in [0.4, 0.5) is 11.4 Å². The van der Waals surface area contributed by atoms with Gasteiger partial charge in [-0.15, -0.1) is 0 Å². The molecule has 10 nitrogen and oxygen atoms in total. The lowest BCUT2D eigenvalue weighted by Gasteiger charge is -2.11. The van der Waals surface area contributed by atoms with Gasteiger partial charge < -0.3 is 19.6 Å². The Hall–Kier alpha value is -4.51. The van der Waals surface area contributed by atoms with E-state index in [4.69, 9.17) is 21.4 Å². The number of nitro groups is 1. The van der Waals surface area contributed by atoms with Crippen molar-refractivity contribution in [2.75, 3.05) is 12.4 Å². The van der Waals surface area contributed by atoms with Gasteiger partial charge in [0.15, 0.2) is 16.4 Å². The number of hydrogen-bond donors (Lipinski definition) is 3. The van der Waals surface area contributed by atoms with E-state index in [-0.39, 0.29) is 33.8 Å². The molecule has 0 radical (unpaired) electrons. The molecule has 0 unspecified atom stereocenters. The van der Waals surface area contributed by atoms with Gasteiger partial charge in [-0.05, 0) is 60.6 Å². The minimum Gasteiger partial charge on any atom is -0.507 e. The number of nitrogens with one attached hydrogen (secondary N) is 2. The monoisotopic (exact) mass is 492 g/mol. The van der Waals surface area contributed by atoms with Gasteiger partial charge in [0.25, 0.3) is 5.91 Å². The first-order chi connectivity index (χ1) is 16.8. The maximum atomic E-state index is 12.5. The van der Waals surface area contributed by atoms with Crippen LogP contribution >= 0.6 is 12.2 Å². The molecule has 1 heterocycles. The Bertz CT molecular complexity index is 1470. The predicted molar refractivity (Wildman–Crippen MR) is 134 cm³/mol. The molecule has 1 amide bonds. The second-order valence-electron chi connectivity index (χ2n) is 7.46. The number of carbonyl (C=O) groups excluding carboxylic acids is 1. The minimum absolute atomic E-state index is 0.0297. The van der Waals surface area contributed by atoms with Crippen molar-refractivity contribution in [3.8, 4) is 23.0 Å². The number of aromatic hydroxyl groups is 1. The standard InChI is InChI=1S/C24H20N4O6S/c1-3-13-4-8-20-17(10-13)26-23(34-20)16-7-6-15(12-19(16)29)25-24(35)27-22(30)14-5-9-21(33-2)18(11-14)28(31)32/h4-12,29H,3H2,1-2H3,(H2,25,27,30,35). The van der Waals surface area contributed by atoms with E-state index in [0.717, 1.165) is 18.1 Å². The zero-order valence-electron chi connectivity index (χ0n) is 18.7. The maximum Gasteiger partial charge on any atom is 0.311 e. The molecular formula is C24H20N4O6S. The van der Waals surface area contributed by atoms with Gasteiger partial charge in [-0.25, -0.2) is 4.98 Å². The van der Waals surface area contributed by atoms with Gasteiger partial charge in [-0.3, -0.25) is 20.2 Å². The van der Waals surface area contributed by atoms with Crippen LogP contribution in [-0.4, -0.2) is 33.1 Å². The molecule has 35 heavy (non-hydrogen) atoms. The number of benzene rings is 3. The molecule has 1 aromatic heterocycles. The molecule has 4 aromatic rings. The molecule has 0 aliphatic carbocycles. The van der Waals surface area contributed by atoms with Crippen molar-refractivity contribution < 1.29 is 24.0 Å². The SMILES string of the molecule is CCc1ccc2oc(-c3ccc(NC(=S)NC(=O)c4ccc(OC)c([N+](=O)[O-])c4)cc3O)nc2c1. The second-order valence-corrected chi connectivity index (χ2v) is 7.87. The summed E-state index contributed by atoms with van der Waals surface area (Å²) >= 11 is 5.17. The highest BCUT2D eigenvalue weighted by atomic mass is 32.1. The Labute approximate surface area is 204 Å². The van der Waals surface area contributed by atoms with Crippen molar-refractivity contribution in [2.24, 2.45) is 0 Å². The van der Waals surface area contributed by atoms with Gasteiger partial charge in [0, 0.05) is 23.4 Å². The third kappa shape index (κ3) is 5.04. The van der Waals surface area contributed by atoms with Crippen molar-refractivity contribution in [1.29, 1.82) is 0 Å². The van der Waals surface area contributed by atoms with E-state index in [1.54, 1.807) is 12.1 Å². The van der Waals surface area contributed by atoms with Gasteiger partial charge in [0.05, 0.1) is 17.6 Å². The number of anilines is 1. The van der Waals surface area contributed by atoms with Gasteiger partial charge >= 0.3 is 5.69 Å². The number of rotatable bonds is 6. The number of aromatic nitrogens is 1. The van der Waals surface area contributed by atoms with Crippen LogP contribution < -0.4 is 15.4 Å². The smallest absolute Gasteiger partial charge is 0.311 e. The molecule has 3 aromatic carbocycles. The quantitative estimate of drug-likeness (QED) is 0.197. The first kappa shape index (κ1) is 23.6. The van der Waals surface area contributed by atoms with E-state index < -0.39 is 10.8 Å². The summed E-state index contributed by atoms with van der Waals surface area (Å²) in [4.78, 5) is 27.5. The van der Waals surface area contributed by atoms with Crippen molar-refractivity contribution >= 4 is 45.7 Å². The average molecular weight is 493 g/mol. The maximum absolute atomic E-state index is 12.5. The summed E-state index contributed by atoms with van der Waals surface area (Å²) in [6.07, 6.45) is 0.871. The zero-order chi connectivity index (χ0) is 25.1. The summed E-state index contributed by atoms with van der Waals surface area (Å²) in [7, 11) is 1.30. The Kier molecular flexibility index (Phi) is 6.60. The summed E-state index contributed by atoms with van der Waals surface area (Å²) < 4.78 is 10.7.